The molecule has 0 radical (unpaired) electrons. The predicted octanol–water partition coefficient (Wildman–Crippen LogP) is 4.32. The van der Waals surface area contributed by atoms with Gasteiger partial charge in [0.2, 0.25) is 10.0 Å². The average molecular weight is 485 g/mol. The first-order chi connectivity index (χ1) is 16.3. The van der Waals surface area contributed by atoms with Crippen LogP contribution in [0.1, 0.15) is 24.2 Å². The molecule has 1 amide bonds. The fourth-order valence-corrected chi connectivity index (χ4v) is 4.94. The van der Waals surface area contributed by atoms with Crippen LogP contribution in [0.25, 0.3) is 11.1 Å². The number of sulfonamides is 1. The van der Waals surface area contributed by atoms with Crippen molar-refractivity contribution in [1.82, 2.24) is 4.31 Å². The van der Waals surface area contributed by atoms with Crippen LogP contribution in [0, 0.1) is 5.82 Å². The van der Waals surface area contributed by atoms with Crippen LogP contribution in [-0.2, 0) is 19.6 Å². The van der Waals surface area contributed by atoms with Crippen molar-refractivity contribution in [2.24, 2.45) is 0 Å². The van der Waals surface area contributed by atoms with Gasteiger partial charge < -0.3 is 10.1 Å². The SMILES string of the molecule is CCN(CC)S(=O)(=O)c1cc(C(=O)OCC(=O)Nc2ccccc2-c2ccccc2)ccc1F. The van der Waals surface area contributed by atoms with Crippen molar-refractivity contribution in [3.05, 3.63) is 84.2 Å². The molecule has 0 bridgehead atoms. The van der Waals surface area contributed by atoms with E-state index in [0.29, 0.717) is 5.69 Å². The number of carbonyl (C=O) groups is 2. The number of halogens is 1. The second-order valence-electron chi connectivity index (χ2n) is 7.27. The zero-order valence-corrected chi connectivity index (χ0v) is 19.6. The van der Waals surface area contributed by atoms with Gasteiger partial charge in [0.05, 0.1) is 5.56 Å². The van der Waals surface area contributed by atoms with Crippen LogP contribution in [-0.4, -0.2) is 44.3 Å². The monoisotopic (exact) mass is 484 g/mol. The number of rotatable bonds is 9. The number of amides is 1. The van der Waals surface area contributed by atoms with E-state index in [2.05, 4.69) is 5.32 Å². The molecule has 34 heavy (non-hydrogen) atoms. The molecule has 0 aliphatic rings. The van der Waals surface area contributed by atoms with Crippen LogP contribution in [0.2, 0.25) is 0 Å². The lowest BCUT2D eigenvalue weighted by Gasteiger charge is -2.19. The molecule has 3 rings (SSSR count). The van der Waals surface area contributed by atoms with Gasteiger partial charge >= 0.3 is 5.97 Å². The van der Waals surface area contributed by atoms with Crippen molar-refractivity contribution in [3.8, 4) is 11.1 Å². The quantitative estimate of drug-likeness (QED) is 0.457. The molecule has 0 heterocycles. The lowest BCUT2D eigenvalue weighted by Crippen LogP contribution is -2.31. The van der Waals surface area contributed by atoms with Crippen molar-refractivity contribution in [1.29, 1.82) is 0 Å². The number of esters is 1. The number of ether oxygens (including phenoxy) is 1. The Labute approximate surface area is 198 Å². The Morgan fingerprint density at radius 3 is 2.26 bits per heavy atom. The fourth-order valence-electron chi connectivity index (χ4n) is 3.39. The second-order valence-corrected chi connectivity index (χ2v) is 9.18. The van der Waals surface area contributed by atoms with Gasteiger partial charge in [-0.25, -0.2) is 17.6 Å². The summed E-state index contributed by atoms with van der Waals surface area (Å²) in [6.07, 6.45) is 0. The molecular formula is C25H25FN2O5S. The van der Waals surface area contributed by atoms with Gasteiger partial charge in [0.1, 0.15) is 10.7 Å². The lowest BCUT2D eigenvalue weighted by molar-refractivity contribution is -0.119. The molecule has 0 aliphatic heterocycles. The summed E-state index contributed by atoms with van der Waals surface area (Å²) in [6.45, 7) is 2.96. The molecule has 3 aromatic carbocycles. The molecule has 0 unspecified atom stereocenters. The molecule has 0 saturated carbocycles. The van der Waals surface area contributed by atoms with Crippen LogP contribution in [0.4, 0.5) is 10.1 Å². The molecule has 0 aromatic heterocycles. The Hall–Kier alpha value is -3.56. The summed E-state index contributed by atoms with van der Waals surface area (Å²) in [6, 6.07) is 19.6. The fraction of sp³-hybridized carbons (Fsp3) is 0.200. The summed E-state index contributed by atoms with van der Waals surface area (Å²) >= 11 is 0. The first-order valence-corrected chi connectivity index (χ1v) is 12.1. The Kier molecular flexibility index (Phi) is 8.14. The summed E-state index contributed by atoms with van der Waals surface area (Å²) in [4.78, 5) is 24.3. The van der Waals surface area contributed by atoms with Crippen molar-refractivity contribution in [2.75, 3.05) is 25.0 Å². The molecule has 0 spiro atoms. The van der Waals surface area contributed by atoms with Gasteiger partial charge in [0, 0.05) is 24.3 Å². The van der Waals surface area contributed by atoms with E-state index in [1.807, 2.05) is 42.5 Å². The highest BCUT2D eigenvalue weighted by molar-refractivity contribution is 7.89. The van der Waals surface area contributed by atoms with Crippen molar-refractivity contribution >= 4 is 27.6 Å². The minimum absolute atomic E-state index is 0.150. The maximum Gasteiger partial charge on any atom is 0.338 e. The van der Waals surface area contributed by atoms with Crippen molar-refractivity contribution in [3.63, 3.8) is 0 Å². The van der Waals surface area contributed by atoms with Crippen LogP contribution in [0.3, 0.4) is 0 Å². The van der Waals surface area contributed by atoms with Crippen LogP contribution >= 0.6 is 0 Å². The van der Waals surface area contributed by atoms with E-state index >= 15 is 0 Å². The topological polar surface area (TPSA) is 92.8 Å². The summed E-state index contributed by atoms with van der Waals surface area (Å²) in [5.74, 6) is -2.49. The number of nitrogens with zero attached hydrogens (tertiary/aromatic N) is 1. The maximum atomic E-state index is 14.3. The molecule has 0 aliphatic carbocycles. The minimum Gasteiger partial charge on any atom is -0.452 e. The largest absolute Gasteiger partial charge is 0.452 e. The van der Waals surface area contributed by atoms with E-state index in [-0.39, 0.29) is 18.7 Å². The zero-order chi connectivity index (χ0) is 24.7. The summed E-state index contributed by atoms with van der Waals surface area (Å²) in [5.41, 5.74) is 2.07. The van der Waals surface area contributed by atoms with Gasteiger partial charge in [0.25, 0.3) is 5.91 Å². The standard InChI is InChI=1S/C25H25FN2O5S/c1-3-28(4-2)34(31,32)23-16-19(14-15-21(23)26)25(30)33-17-24(29)27-22-13-9-8-12-20(22)18-10-6-5-7-11-18/h5-16H,3-4,17H2,1-2H3,(H,27,29). The Morgan fingerprint density at radius 2 is 1.59 bits per heavy atom. The highest BCUT2D eigenvalue weighted by Gasteiger charge is 2.27. The third-order valence-electron chi connectivity index (χ3n) is 5.11. The third-order valence-corrected chi connectivity index (χ3v) is 7.18. The Balaban J connectivity index is 1.71. The van der Waals surface area contributed by atoms with Gasteiger partial charge in [-0.15, -0.1) is 0 Å². The van der Waals surface area contributed by atoms with E-state index in [1.54, 1.807) is 26.0 Å². The molecule has 0 saturated heterocycles. The first kappa shape index (κ1) is 25.1. The average Bonchev–Trinajstić information content (AvgIpc) is 2.84. The number of benzene rings is 3. The number of nitrogens with one attached hydrogen (secondary N) is 1. The normalized spacial score (nSPS) is 11.3. The van der Waals surface area contributed by atoms with E-state index in [0.717, 1.165) is 33.6 Å². The smallest absolute Gasteiger partial charge is 0.338 e. The number of para-hydroxylation sites is 1. The van der Waals surface area contributed by atoms with Gasteiger partial charge in [-0.2, -0.15) is 4.31 Å². The molecule has 7 nitrogen and oxygen atoms in total. The molecule has 9 heteroatoms. The molecular weight excluding hydrogens is 459 g/mol. The number of carbonyl (C=O) groups excluding carboxylic acids is 2. The number of hydrogen-bond donors (Lipinski definition) is 1. The second kappa shape index (κ2) is 11.0. The highest BCUT2D eigenvalue weighted by Crippen LogP contribution is 2.27. The van der Waals surface area contributed by atoms with Gasteiger partial charge in [-0.1, -0.05) is 62.4 Å². The Bertz CT molecular complexity index is 1280. The van der Waals surface area contributed by atoms with Crippen molar-refractivity contribution in [2.45, 2.75) is 18.7 Å². The first-order valence-electron chi connectivity index (χ1n) is 10.7. The van der Waals surface area contributed by atoms with E-state index in [4.69, 9.17) is 4.74 Å². The van der Waals surface area contributed by atoms with Crippen LogP contribution in [0.5, 0.6) is 0 Å². The maximum absolute atomic E-state index is 14.3. The van der Waals surface area contributed by atoms with E-state index < -0.39 is 39.2 Å². The molecule has 0 fully saturated rings. The zero-order valence-electron chi connectivity index (χ0n) is 18.8. The van der Waals surface area contributed by atoms with Gasteiger partial charge in [0.15, 0.2) is 6.61 Å². The minimum atomic E-state index is -4.12. The third kappa shape index (κ3) is 5.67. The molecule has 0 atom stereocenters. The van der Waals surface area contributed by atoms with Gasteiger partial charge in [-0.3, -0.25) is 4.79 Å². The number of hydrogen-bond acceptors (Lipinski definition) is 5. The number of anilines is 1. The molecule has 3 aromatic rings. The van der Waals surface area contributed by atoms with Crippen LogP contribution < -0.4 is 5.32 Å². The molecule has 1 N–H and O–H groups in total. The summed E-state index contributed by atoms with van der Waals surface area (Å²) in [5, 5.41) is 2.71. The molecule has 178 valence electrons. The summed E-state index contributed by atoms with van der Waals surface area (Å²) < 4.78 is 45.8. The van der Waals surface area contributed by atoms with Gasteiger partial charge in [-0.05, 0) is 29.8 Å². The highest BCUT2D eigenvalue weighted by atomic mass is 32.2. The summed E-state index contributed by atoms with van der Waals surface area (Å²) in [7, 11) is -4.12. The van der Waals surface area contributed by atoms with E-state index in [9.17, 15) is 22.4 Å². The van der Waals surface area contributed by atoms with E-state index in [1.165, 1.54) is 0 Å². The lowest BCUT2D eigenvalue weighted by atomic mass is 10.0. The Morgan fingerprint density at radius 1 is 0.941 bits per heavy atom. The van der Waals surface area contributed by atoms with Crippen molar-refractivity contribution < 1.29 is 27.1 Å². The van der Waals surface area contributed by atoms with Crippen LogP contribution in [0.15, 0.2) is 77.7 Å². The predicted molar refractivity (Wildman–Crippen MR) is 127 cm³/mol.